The fourth-order valence-electron chi connectivity index (χ4n) is 11.0. The first-order chi connectivity index (χ1) is 32.2. The van der Waals surface area contributed by atoms with Gasteiger partial charge in [-0.15, -0.1) is 11.3 Å². The van der Waals surface area contributed by atoms with E-state index in [4.69, 9.17) is 9.47 Å². The van der Waals surface area contributed by atoms with E-state index in [1.165, 1.54) is 70.2 Å². The van der Waals surface area contributed by atoms with Crippen molar-refractivity contribution < 1.29 is 9.47 Å². The fourth-order valence-corrected chi connectivity index (χ4v) is 12.3. The molecular weight excluding hydrogens is 811 g/mol. The molecule has 0 unspecified atom stereocenters. The summed E-state index contributed by atoms with van der Waals surface area (Å²) in [7, 11) is 0. The first-order valence-corrected chi connectivity index (χ1v) is 23.0. The van der Waals surface area contributed by atoms with E-state index in [0.717, 1.165) is 39.5 Å². The molecule has 3 aliphatic rings. The number of anilines is 3. The molecule has 14 rings (SSSR count). The predicted molar refractivity (Wildman–Crippen MR) is 268 cm³/mol. The van der Waals surface area contributed by atoms with E-state index >= 15 is 0 Å². The lowest BCUT2D eigenvalue weighted by atomic mass is 9.70. The molecule has 1 aliphatic heterocycles. The summed E-state index contributed by atoms with van der Waals surface area (Å²) in [4.78, 5) is 2.30. The molecule has 2 aliphatic carbocycles. The Balaban J connectivity index is 0.919. The van der Waals surface area contributed by atoms with Crippen LogP contribution < -0.4 is 14.4 Å². The van der Waals surface area contributed by atoms with Gasteiger partial charge in [-0.3, -0.25) is 0 Å². The second kappa shape index (κ2) is 13.9. The second-order valence-corrected chi connectivity index (χ2v) is 18.1. The maximum Gasteiger partial charge on any atom is 0.194 e. The number of hydrogen-bond acceptors (Lipinski definition) is 4. The van der Waals surface area contributed by atoms with Gasteiger partial charge in [0.1, 0.15) is 0 Å². The highest BCUT2D eigenvalue weighted by atomic mass is 32.1. The molecule has 1 spiro atoms. The van der Waals surface area contributed by atoms with Gasteiger partial charge in [0.15, 0.2) is 23.0 Å². The van der Waals surface area contributed by atoms with E-state index in [0.29, 0.717) is 17.2 Å². The van der Waals surface area contributed by atoms with Gasteiger partial charge in [0.25, 0.3) is 0 Å². The van der Waals surface area contributed by atoms with Gasteiger partial charge >= 0.3 is 0 Å². The molecule has 0 radical (unpaired) electrons. The molecule has 65 heavy (non-hydrogen) atoms. The molecule has 0 amide bonds. The Hall–Kier alpha value is -8.18. The third-order valence-electron chi connectivity index (χ3n) is 13.8. The highest BCUT2D eigenvalue weighted by Gasteiger charge is 2.53. The highest BCUT2D eigenvalue weighted by molar-refractivity contribution is 7.26. The van der Waals surface area contributed by atoms with Crippen LogP contribution in [0.15, 0.2) is 224 Å². The molecule has 3 nitrogen and oxygen atoms in total. The Labute approximate surface area is 380 Å². The van der Waals surface area contributed by atoms with Crippen LogP contribution in [0.4, 0.5) is 17.1 Å². The van der Waals surface area contributed by atoms with Crippen LogP contribution in [-0.2, 0) is 5.41 Å². The van der Waals surface area contributed by atoms with E-state index in [1.54, 1.807) is 0 Å². The topological polar surface area (TPSA) is 21.7 Å². The average molecular weight is 848 g/mol. The number of nitrogens with zero attached hydrogens (tertiary/aromatic N) is 1. The molecule has 0 fully saturated rings. The smallest absolute Gasteiger partial charge is 0.194 e. The van der Waals surface area contributed by atoms with Gasteiger partial charge < -0.3 is 14.4 Å². The standard InChI is InChI=1S/C61H37NO2S/c1-2-15-38(16-3-1)40-17-12-18-42(37-40)62(41-33-31-39(32-34-41)43-23-13-24-47-46-21-7-11-30-56(46)65-60(43)47)53-28-14-29-54-58(53)63-55-36-35-52-57(59(55)64-54)48-22-6-10-27-51(48)61(52)49-25-8-4-19-44(49)45-20-5-9-26-50(45)61/h1-37H. The highest BCUT2D eigenvalue weighted by Crippen LogP contribution is 2.67. The van der Waals surface area contributed by atoms with Crippen LogP contribution in [0, 0.1) is 0 Å². The third-order valence-corrected chi connectivity index (χ3v) is 15.0. The number of para-hydroxylation sites is 1. The number of hydrogen-bond donors (Lipinski definition) is 0. The largest absolute Gasteiger partial charge is 0.449 e. The van der Waals surface area contributed by atoms with Crippen molar-refractivity contribution in [1.29, 1.82) is 0 Å². The van der Waals surface area contributed by atoms with Gasteiger partial charge in [-0.2, -0.15) is 0 Å². The number of thiophene rings is 1. The van der Waals surface area contributed by atoms with E-state index in [9.17, 15) is 0 Å². The van der Waals surface area contributed by atoms with Crippen molar-refractivity contribution in [1.82, 2.24) is 0 Å². The first kappa shape index (κ1) is 36.3. The van der Waals surface area contributed by atoms with Gasteiger partial charge in [0.05, 0.1) is 11.1 Å². The lowest BCUT2D eigenvalue weighted by Crippen LogP contribution is -2.25. The van der Waals surface area contributed by atoms with Crippen molar-refractivity contribution in [2.24, 2.45) is 0 Å². The van der Waals surface area contributed by atoms with Crippen LogP contribution in [0.25, 0.3) is 64.7 Å². The fraction of sp³-hybridized carbons (Fsp3) is 0.0164. The molecule has 1 aromatic heterocycles. The number of fused-ring (bicyclic) bond motifs is 16. The summed E-state index contributed by atoms with van der Waals surface area (Å²) < 4.78 is 17.0. The molecular formula is C61H37NO2S. The molecule has 0 saturated carbocycles. The van der Waals surface area contributed by atoms with Crippen LogP contribution >= 0.6 is 11.3 Å². The van der Waals surface area contributed by atoms with E-state index < -0.39 is 5.41 Å². The minimum absolute atomic E-state index is 0.477. The van der Waals surface area contributed by atoms with Crippen molar-refractivity contribution in [3.8, 4) is 67.5 Å². The summed E-state index contributed by atoms with van der Waals surface area (Å²) in [6, 6.07) is 80.9. The summed E-state index contributed by atoms with van der Waals surface area (Å²) in [5.41, 5.74) is 17.0. The predicted octanol–water partition coefficient (Wildman–Crippen LogP) is 17.1. The van der Waals surface area contributed by atoms with Gasteiger partial charge in [-0.25, -0.2) is 0 Å². The Morgan fingerprint density at radius 3 is 1.77 bits per heavy atom. The Bertz CT molecular complexity index is 3690. The molecule has 4 heteroatoms. The van der Waals surface area contributed by atoms with E-state index in [1.807, 2.05) is 17.4 Å². The molecule has 2 heterocycles. The summed E-state index contributed by atoms with van der Waals surface area (Å²) in [5, 5.41) is 2.60. The molecule has 0 saturated heterocycles. The minimum Gasteiger partial charge on any atom is -0.449 e. The van der Waals surface area contributed by atoms with E-state index in [-0.39, 0.29) is 0 Å². The number of benzene rings is 10. The van der Waals surface area contributed by atoms with Crippen molar-refractivity contribution in [2.75, 3.05) is 4.90 Å². The van der Waals surface area contributed by atoms with Gasteiger partial charge in [0, 0.05) is 37.1 Å². The summed E-state index contributed by atoms with van der Waals surface area (Å²) in [5.74, 6) is 2.78. The second-order valence-electron chi connectivity index (χ2n) is 17.1. The monoisotopic (exact) mass is 847 g/mol. The SMILES string of the molecule is c1ccc(-c2cccc(N(c3ccc(-c4cccc5c4sc4ccccc45)cc3)c3cccc4c3Oc3ccc5c(c3O4)-c3ccccc3C53c4ccccc4-c4ccccc43)c2)cc1. The zero-order valence-electron chi connectivity index (χ0n) is 35.0. The average Bonchev–Trinajstić information content (AvgIpc) is 4.01. The van der Waals surface area contributed by atoms with Gasteiger partial charge in [0.2, 0.25) is 0 Å². The summed E-state index contributed by atoms with van der Waals surface area (Å²) >= 11 is 1.86. The van der Waals surface area contributed by atoms with Crippen LogP contribution in [0.2, 0.25) is 0 Å². The Kier molecular flexibility index (Phi) is 7.77. The molecule has 0 bridgehead atoms. The maximum absolute atomic E-state index is 7.20. The normalized spacial score (nSPS) is 13.3. The van der Waals surface area contributed by atoms with E-state index in [2.05, 4.69) is 223 Å². The molecule has 304 valence electrons. The van der Waals surface area contributed by atoms with Crippen molar-refractivity contribution >= 4 is 48.6 Å². The summed E-state index contributed by atoms with van der Waals surface area (Å²) in [6.07, 6.45) is 0. The summed E-state index contributed by atoms with van der Waals surface area (Å²) in [6.45, 7) is 0. The lowest BCUT2D eigenvalue weighted by Gasteiger charge is -2.32. The van der Waals surface area contributed by atoms with Crippen molar-refractivity contribution in [3.63, 3.8) is 0 Å². The van der Waals surface area contributed by atoms with Crippen molar-refractivity contribution in [3.05, 3.63) is 247 Å². The molecule has 10 aromatic carbocycles. The Morgan fingerprint density at radius 1 is 0.369 bits per heavy atom. The number of ether oxygens (including phenoxy) is 2. The minimum atomic E-state index is -0.477. The van der Waals surface area contributed by atoms with Crippen molar-refractivity contribution in [2.45, 2.75) is 5.41 Å². The first-order valence-electron chi connectivity index (χ1n) is 22.2. The molecule has 0 atom stereocenters. The zero-order chi connectivity index (χ0) is 42.6. The number of rotatable bonds is 5. The lowest BCUT2D eigenvalue weighted by molar-refractivity contribution is 0.361. The third kappa shape index (κ3) is 5.17. The van der Waals surface area contributed by atoms with Crippen LogP contribution in [0.1, 0.15) is 22.3 Å². The van der Waals surface area contributed by atoms with Crippen LogP contribution in [0.3, 0.4) is 0 Å². The zero-order valence-corrected chi connectivity index (χ0v) is 35.9. The molecule has 11 aromatic rings. The van der Waals surface area contributed by atoms with Crippen LogP contribution in [0.5, 0.6) is 23.0 Å². The Morgan fingerprint density at radius 2 is 0.969 bits per heavy atom. The maximum atomic E-state index is 7.20. The molecule has 0 N–H and O–H groups in total. The quantitative estimate of drug-likeness (QED) is 0.172. The van der Waals surface area contributed by atoms with Crippen LogP contribution in [-0.4, -0.2) is 0 Å². The van der Waals surface area contributed by atoms with Gasteiger partial charge in [-0.05, 0) is 110 Å². The van der Waals surface area contributed by atoms with Gasteiger partial charge in [-0.1, -0.05) is 176 Å².